The molecular formula is C12H14ClN3O. The Hall–Kier alpha value is -1.52. The van der Waals surface area contributed by atoms with Crippen LogP contribution < -0.4 is 5.73 Å². The highest BCUT2D eigenvalue weighted by molar-refractivity contribution is 6.33. The highest BCUT2D eigenvalue weighted by Crippen LogP contribution is 2.34. The minimum absolute atomic E-state index is 0.408. The fourth-order valence-electron chi connectivity index (χ4n) is 1.79. The Morgan fingerprint density at radius 2 is 2.12 bits per heavy atom. The average molecular weight is 252 g/mol. The molecule has 0 atom stereocenters. The molecule has 0 unspecified atom stereocenters. The minimum Gasteiger partial charge on any atom is -0.383 e. The van der Waals surface area contributed by atoms with Crippen molar-refractivity contribution < 1.29 is 4.74 Å². The van der Waals surface area contributed by atoms with E-state index >= 15 is 0 Å². The number of methoxy groups -OCH3 is 1. The molecule has 0 aliphatic heterocycles. The molecule has 2 aromatic rings. The van der Waals surface area contributed by atoms with Gasteiger partial charge in [-0.05, 0) is 6.07 Å². The number of ether oxygens (including phenoxy) is 1. The first kappa shape index (κ1) is 12.0. The van der Waals surface area contributed by atoms with E-state index in [1.54, 1.807) is 18.8 Å². The summed E-state index contributed by atoms with van der Waals surface area (Å²) >= 11 is 6.18. The summed E-state index contributed by atoms with van der Waals surface area (Å²) in [6.45, 7) is 0.408. The van der Waals surface area contributed by atoms with E-state index in [1.807, 2.05) is 24.3 Å². The molecule has 0 radical (unpaired) electrons. The number of hydrogen-bond donors (Lipinski definition) is 1. The lowest BCUT2D eigenvalue weighted by Crippen LogP contribution is -1.98. The topological polar surface area (TPSA) is 53.1 Å². The van der Waals surface area contributed by atoms with Gasteiger partial charge in [-0.15, -0.1) is 0 Å². The van der Waals surface area contributed by atoms with Gasteiger partial charge in [0.2, 0.25) is 0 Å². The second-order valence-corrected chi connectivity index (χ2v) is 4.15. The van der Waals surface area contributed by atoms with Gasteiger partial charge in [0.25, 0.3) is 0 Å². The lowest BCUT2D eigenvalue weighted by atomic mass is 10.1. The second kappa shape index (κ2) is 4.77. The lowest BCUT2D eigenvalue weighted by molar-refractivity contribution is 0.181. The summed E-state index contributed by atoms with van der Waals surface area (Å²) in [5.74, 6) is 0.588. The second-order valence-electron chi connectivity index (χ2n) is 3.74. The number of anilines is 1. The largest absolute Gasteiger partial charge is 0.383 e. The predicted molar refractivity (Wildman–Crippen MR) is 68.8 cm³/mol. The minimum atomic E-state index is 0.408. The Balaban J connectivity index is 2.61. The first-order valence-electron chi connectivity index (χ1n) is 5.20. The summed E-state index contributed by atoms with van der Waals surface area (Å²) in [7, 11) is 3.43. The van der Waals surface area contributed by atoms with Crippen molar-refractivity contribution in [2.75, 3.05) is 12.8 Å². The van der Waals surface area contributed by atoms with Crippen LogP contribution in [0, 0.1) is 0 Å². The smallest absolute Gasteiger partial charge is 0.129 e. The Bertz CT molecular complexity index is 537. The molecule has 1 heterocycles. The molecule has 0 saturated heterocycles. The summed E-state index contributed by atoms with van der Waals surface area (Å²) in [6, 6.07) is 7.56. The van der Waals surface area contributed by atoms with E-state index in [0.29, 0.717) is 17.4 Å². The molecule has 4 nitrogen and oxygen atoms in total. The van der Waals surface area contributed by atoms with Crippen LogP contribution in [0.15, 0.2) is 24.3 Å². The number of benzene rings is 1. The standard InChI is InChI=1S/C12H14ClN3O/c1-16-12(14)11(10(15-16)7-17-2)8-5-3-4-6-9(8)13/h3-6H,7,14H2,1-2H3. The zero-order valence-electron chi connectivity index (χ0n) is 9.77. The van der Waals surface area contributed by atoms with E-state index in [1.165, 1.54) is 0 Å². The van der Waals surface area contributed by atoms with Gasteiger partial charge >= 0.3 is 0 Å². The van der Waals surface area contributed by atoms with Crippen molar-refractivity contribution in [3.63, 3.8) is 0 Å². The van der Waals surface area contributed by atoms with Gasteiger partial charge in [-0.1, -0.05) is 29.8 Å². The predicted octanol–water partition coefficient (Wildman–Crippen LogP) is 2.47. The Morgan fingerprint density at radius 1 is 1.41 bits per heavy atom. The third kappa shape index (κ3) is 2.14. The maximum Gasteiger partial charge on any atom is 0.129 e. The summed E-state index contributed by atoms with van der Waals surface area (Å²) in [6.07, 6.45) is 0. The molecule has 0 saturated carbocycles. The molecule has 0 amide bonds. The van der Waals surface area contributed by atoms with Crippen LogP contribution in [-0.2, 0) is 18.4 Å². The van der Waals surface area contributed by atoms with E-state index in [0.717, 1.165) is 16.8 Å². The quantitative estimate of drug-likeness (QED) is 0.912. The number of rotatable bonds is 3. The van der Waals surface area contributed by atoms with Gasteiger partial charge in [-0.25, -0.2) is 0 Å². The van der Waals surface area contributed by atoms with Gasteiger partial charge in [0.05, 0.1) is 17.9 Å². The third-order valence-electron chi connectivity index (χ3n) is 2.59. The molecule has 1 aromatic carbocycles. The van der Waals surface area contributed by atoms with Crippen molar-refractivity contribution in [2.24, 2.45) is 7.05 Å². The van der Waals surface area contributed by atoms with Crippen LogP contribution in [0.2, 0.25) is 5.02 Å². The van der Waals surface area contributed by atoms with Crippen LogP contribution in [0.1, 0.15) is 5.69 Å². The Labute approximate surface area is 105 Å². The molecule has 0 aliphatic rings. The number of hydrogen-bond acceptors (Lipinski definition) is 3. The van der Waals surface area contributed by atoms with Crippen LogP contribution in [0.4, 0.5) is 5.82 Å². The zero-order valence-corrected chi connectivity index (χ0v) is 10.5. The summed E-state index contributed by atoms with van der Waals surface area (Å²) in [5.41, 5.74) is 8.54. The van der Waals surface area contributed by atoms with Gasteiger partial charge in [-0.2, -0.15) is 5.10 Å². The Morgan fingerprint density at radius 3 is 2.76 bits per heavy atom. The molecule has 5 heteroatoms. The summed E-state index contributed by atoms with van der Waals surface area (Å²) < 4.78 is 6.76. The molecule has 90 valence electrons. The molecule has 17 heavy (non-hydrogen) atoms. The van der Waals surface area contributed by atoms with Crippen molar-refractivity contribution in [3.05, 3.63) is 35.0 Å². The van der Waals surface area contributed by atoms with E-state index < -0.39 is 0 Å². The van der Waals surface area contributed by atoms with Crippen molar-refractivity contribution >= 4 is 17.4 Å². The maximum atomic E-state index is 6.18. The first-order valence-corrected chi connectivity index (χ1v) is 5.58. The monoisotopic (exact) mass is 251 g/mol. The van der Waals surface area contributed by atoms with E-state index in [-0.39, 0.29) is 0 Å². The van der Waals surface area contributed by atoms with Crippen LogP contribution in [-0.4, -0.2) is 16.9 Å². The van der Waals surface area contributed by atoms with E-state index in [9.17, 15) is 0 Å². The molecule has 0 fully saturated rings. The van der Waals surface area contributed by atoms with E-state index in [2.05, 4.69) is 5.10 Å². The number of aromatic nitrogens is 2. The van der Waals surface area contributed by atoms with Crippen LogP contribution in [0.25, 0.3) is 11.1 Å². The van der Waals surface area contributed by atoms with Crippen LogP contribution >= 0.6 is 11.6 Å². The van der Waals surface area contributed by atoms with Gasteiger partial charge in [0, 0.05) is 24.7 Å². The lowest BCUT2D eigenvalue weighted by Gasteiger charge is -2.05. The molecule has 0 bridgehead atoms. The molecule has 0 spiro atoms. The SMILES string of the molecule is COCc1nn(C)c(N)c1-c1ccccc1Cl. The Kier molecular flexibility index (Phi) is 3.36. The first-order chi connectivity index (χ1) is 8.15. The van der Waals surface area contributed by atoms with Gasteiger partial charge in [0.1, 0.15) is 5.82 Å². The zero-order chi connectivity index (χ0) is 12.4. The molecule has 2 N–H and O–H groups in total. The third-order valence-corrected chi connectivity index (χ3v) is 2.92. The summed E-state index contributed by atoms with van der Waals surface area (Å²) in [4.78, 5) is 0. The molecule has 0 aliphatic carbocycles. The van der Waals surface area contributed by atoms with Crippen LogP contribution in [0.3, 0.4) is 0 Å². The highest BCUT2D eigenvalue weighted by Gasteiger charge is 2.17. The number of aryl methyl sites for hydroxylation is 1. The number of nitrogen functional groups attached to an aromatic ring is 1. The molecular weight excluding hydrogens is 238 g/mol. The van der Waals surface area contributed by atoms with Gasteiger partial charge < -0.3 is 10.5 Å². The van der Waals surface area contributed by atoms with Gasteiger partial charge in [-0.3, -0.25) is 4.68 Å². The fraction of sp³-hybridized carbons (Fsp3) is 0.250. The maximum absolute atomic E-state index is 6.18. The number of halogens is 1. The summed E-state index contributed by atoms with van der Waals surface area (Å²) in [5, 5.41) is 4.98. The van der Waals surface area contributed by atoms with Gasteiger partial charge in [0.15, 0.2) is 0 Å². The van der Waals surface area contributed by atoms with Crippen LogP contribution in [0.5, 0.6) is 0 Å². The van der Waals surface area contributed by atoms with Crippen molar-refractivity contribution in [1.82, 2.24) is 9.78 Å². The number of nitrogens with two attached hydrogens (primary N) is 1. The van der Waals surface area contributed by atoms with Crippen molar-refractivity contribution in [1.29, 1.82) is 0 Å². The normalized spacial score (nSPS) is 10.8. The fourth-order valence-corrected chi connectivity index (χ4v) is 2.02. The van der Waals surface area contributed by atoms with Crippen molar-refractivity contribution in [3.8, 4) is 11.1 Å². The van der Waals surface area contributed by atoms with Crippen molar-refractivity contribution in [2.45, 2.75) is 6.61 Å². The van der Waals surface area contributed by atoms with E-state index in [4.69, 9.17) is 22.1 Å². The molecule has 1 aromatic heterocycles. The highest BCUT2D eigenvalue weighted by atomic mass is 35.5. The molecule has 2 rings (SSSR count). The average Bonchev–Trinajstić information content (AvgIpc) is 2.57. The number of nitrogens with zero attached hydrogens (tertiary/aromatic N) is 2.